The number of nitrogens with one attached hydrogen (secondary N) is 1. The summed E-state index contributed by atoms with van der Waals surface area (Å²) in [5.74, 6) is -0.373. The second-order valence-corrected chi connectivity index (χ2v) is 8.55. The van der Waals surface area contributed by atoms with E-state index >= 15 is 0 Å². The minimum atomic E-state index is -4.48. The zero-order valence-electron chi connectivity index (χ0n) is 18.3. The highest BCUT2D eigenvalue weighted by molar-refractivity contribution is 5.87. The third-order valence-corrected chi connectivity index (χ3v) is 6.06. The molecule has 1 fully saturated rings. The summed E-state index contributed by atoms with van der Waals surface area (Å²) in [6.45, 7) is 2.27. The van der Waals surface area contributed by atoms with Gasteiger partial charge in [0.05, 0.1) is 0 Å². The Balaban J connectivity index is 1.67. The smallest absolute Gasteiger partial charge is 0.288 e. The monoisotopic (exact) mass is 434 g/mol. The van der Waals surface area contributed by atoms with Gasteiger partial charge in [0, 0.05) is 13.0 Å². The highest BCUT2D eigenvalue weighted by atomic mass is 19.4. The molecule has 0 bridgehead atoms. The summed E-state index contributed by atoms with van der Waals surface area (Å²) in [6, 6.07) is 8.98. The number of aryl methyl sites for hydroxylation is 1. The SMILES string of the molecule is CCCCCCCCCCc1ccc2c(C(N3CCC(=O)N3)C(F)(F)F)cccc2c1. The molecule has 1 unspecified atom stereocenters. The van der Waals surface area contributed by atoms with Crippen molar-refractivity contribution in [2.75, 3.05) is 6.54 Å². The molecule has 1 aliphatic heterocycles. The molecule has 0 radical (unpaired) electrons. The van der Waals surface area contributed by atoms with Gasteiger partial charge in [0.15, 0.2) is 6.04 Å². The number of unbranched alkanes of at least 4 members (excludes halogenated alkanes) is 7. The topological polar surface area (TPSA) is 32.3 Å². The van der Waals surface area contributed by atoms with Gasteiger partial charge in [0.1, 0.15) is 0 Å². The lowest BCUT2D eigenvalue weighted by atomic mass is 9.95. The molecule has 2 aromatic rings. The van der Waals surface area contributed by atoms with E-state index in [-0.39, 0.29) is 24.4 Å². The lowest BCUT2D eigenvalue weighted by Gasteiger charge is -2.30. The number of hydrazine groups is 1. The van der Waals surface area contributed by atoms with Gasteiger partial charge in [0.25, 0.3) is 0 Å². The average molecular weight is 435 g/mol. The Hall–Kier alpha value is -2.08. The number of rotatable bonds is 11. The van der Waals surface area contributed by atoms with Crippen molar-refractivity contribution in [1.29, 1.82) is 0 Å². The number of carbonyl (C=O) groups is 1. The first-order valence-electron chi connectivity index (χ1n) is 11.5. The Kier molecular flexibility index (Phi) is 8.35. The molecule has 0 spiro atoms. The van der Waals surface area contributed by atoms with Crippen LogP contribution >= 0.6 is 0 Å². The molecule has 3 nitrogen and oxygen atoms in total. The lowest BCUT2D eigenvalue weighted by Crippen LogP contribution is -2.43. The summed E-state index contributed by atoms with van der Waals surface area (Å²) >= 11 is 0. The minimum Gasteiger partial charge on any atom is -0.288 e. The van der Waals surface area contributed by atoms with Gasteiger partial charge in [0.2, 0.25) is 5.91 Å². The molecule has 31 heavy (non-hydrogen) atoms. The van der Waals surface area contributed by atoms with E-state index in [9.17, 15) is 18.0 Å². The molecule has 0 aliphatic carbocycles. The van der Waals surface area contributed by atoms with Crippen molar-refractivity contribution in [3.05, 3.63) is 47.5 Å². The Morgan fingerprint density at radius 2 is 1.71 bits per heavy atom. The molecule has 1 N–H and O–H groups in total. The van der Waals surface area contributed by atoms with E-state index in [2.05, 4.69) is 12.3 Å². The van der Waals surface area contributed by atoms with Gasteiger partial charge in [-0.3, -0.25) is 10.2 Å². The van der Waals surface area contributed by atoms with Crippen molar-refractivity contribution in [2.45, 2.75) is 83.4 Å². The number of nitrogens with zero attached hydrogens (tertiary/aromatic N) is 1. The van der Waals surface area contributed by atoms with Crippen molar-refractivity contribution in [2.24, 2.45) is 0 Å². The highest BCUT2D eigenvalue weighted by Crippen LogP contribution is 2.40. The van der Waals surface area contributed by atoms with Crippen LogP contribution in [0.4, 0.5) is 13.2 Å². The molecule has 1 saturated heterocycles. The summed E-state index contributed by atoms with van der Waals surface area (Å²) in [4.78, 5) is 11.5. The number of carbonyl (C=O) groups excluding carboxylic acids is 1. The van der Waals surface area contributed by atoms with E-state index in [0.717, 1.165) is 28.8 Å². The van der Waals surface area contributed by atoms with Crippen molar-refractivity contribution in [3.63, 3.8) is 0 Å². The zero-order valence-corrected chi connectivity index (χ0v) is 18.3. The standard InChI is InChI=1S/C25H33F3N2O/c1-2-3-4-5-6-7-8-9-11-19-14-15-21-20(18-19)12-10-13-22(21)24(25(26,27)28)30-17-16-23(31)29-30/h10,12-15,18,24H,2-9,11,16-17H2,1H3,(H,29,31). The molecule has 1 heterocycles. The zero-order chi connectivity index (χ0) is 22.3. The number of hydrogen-bond donors (Lipinski definition) is 1. The first kappa shape index (κ1) is 23.6. The average Bonchev–Trinajstić information content (AvgIpc) is 3.14. The fourth-order valence-corrected chi connectivity index (χ4v) is 4.42. The first-order valence-corrected chi connectivity index (χ1v) is 11.5. The first-order chi connectivity index (χ1) is 14.9. The number of halogens is 3. The molecular weight excluding hydrogens is 401 g/mol. The van der Waals surface area contributed by atoms with Gasteiger partial charge < -0.3 is 0 Å². The largest absolute Gasteiger partial charge is 0.409 e. The maximum Gasteiger partial charge on any atom is 0.409 e. The molecule has 6 heteroatoms. The van der Waals surface area contributed by atoms with E-state index < -0.39 is 12.2 Å². The van der Waals surface area contributed by atoms with Crippen LogP contribution in [0.1, 0.15) is 81.9 Å². The maximum atomic E-state index is 13.9. The van der Waals surface area contributed by atoms with Crippen LogP contribution in [0.15, 0.2) is 36.4 Å². The second kappa shape index (κ2) is 11.0. The summed E-state index contributed by atoms with van der Waals surface area (Å²) in [5.41, 5.74) is 3.71. The van der Waals surface area contributed by atoms with Gasteiger partial charge in [-0.2, -0.15) is 13.2 Å². The Morgan fingerprint density at radius 1 is 1.00 bits per heavy atom. The number of hydrogen-bond acceptors (Lipinski definition) is 2. The molecular formula is C25H33F3N2O. The van der Waals surface area contributed by atoms with Crippen LogP contribution in [0, 0.1) is 0 Å². The molecule has 1 amide bonds. The normalized spacial score (nSPS) is 16.1. The third-order valence-electron chi connectivity index (χ3n) is 6.06. The fourth-order valence-electron chi connectivity index (χ4n) is 4.42. The van der Waals surface area contributed by atoms with Crippen LogP contribution in [-0.4, -0.2) is 23.6 Å². The summed E-state index contributed by atoms with van der Waals surface area (Å²) in [6.07, 6.45) is 6.58. The van der Waals surface area contributed by atoms with Crippen LogP contribution in [0.5, 0.6) is 0 Å². The van der Waals surface area contributed by atoms with Gasteiger partial charge >= 0.3 is 6.18 Å². The second-order valence-electron chi connectivity index (χ2n) is 8.55. The molecule has 3 rings (SSSR count). The van der Waals surface area contributed by atoms with E-state index in [4.69, 9.17) is 0 Å². The van der Waals surface area contributed by atoms with Gasteiger partial charge in [-0.15, -0.1) is 0 Å². The number of fused-ring (bicyclic) bond motifs is 1. The molecule has 1 atom stereocenters. The Bertz CT molecular complexity index is 865. The Labute approximate surface area is 183 Å². The van der Waals surface area contributed by atoms with Gasteiger partial charge in [-0.05, 0) is 34.7 Å². The number of amides is 1. The summed E-state index contributed by atoms with van der Waals surface area (Å²) in [7, 11) is 0. The van der Waals surface area contributed by atoms with Crippen LogP contribution in [0.25, 0.3) is 10.8 Å². The van der Waals surface area contributed by atoms with Crippen LogP contribution in [-0.2, 0) is 11.2 Å². The fraction of sp³-hybridized carbons (Fsp3) is 0.560. The minimum absolute atomic E-state index is 0.0515. The van der Waals surface area contributed by atoms with Crippen LogP contribution < -0.4 is 5.43 Å². The predicted molar refractivity (Wildman–Crippen MR) is 119 cm³/mol. The number of alkyl halides is 3. The maximum absolute atomic E-state index is 13.9. The molecule has 0 saturated carbocycles. The summed E-state index contributed by atoms with van der Waals surface area (Å²) < 4.78 is 41.8. The van der Waals surface area contributed by atoms with Crippen LogP contribution in [0.2, 0.25) is 0 Å². The van der Waals surface area contributed by atoms with Gasteiger partial charge in [-0.1, -0.05) is 88.3 Å². The van der Waals surface area contributed by atoms with Crippen LogP contribution in [0.3, 0.4) is 0 Å². The highest BCUT2D eigenvalue weighted by Gasteiger charge is 2.47. The predicted octanol–water partition coefficient (Wildman–Crippen LogP) is 6.86. The molecule has 2 aromatic carbocycles. The third kappa shape index (κ3) is 6.45. The van der Waals surface area contributed by atoms with Crippen molar-refractivity contribution in [3.8, 4) is 0 Å². The summed E-state index contributed by atoms with van der Waals surface area (Å²) in [5, 5.41) is 2.42. The van der Waals surface area contributed by atoms with Gasteiger partial charge in [-0.25, -0.2) is 5.01 Å². The van der Waals surface area contributed by atoms with E-state index in [1.54, 1.807) is 12.1 Å². The van der Waals surface area contributed by atoms with Crippen molar-refractivity contribution in [1.82, 2.24) is 10.4 Å². The van der Waals surface area contributed by atoms with E-state index in [0.29, 0.717) is 5.39 Å². The molecule has 170 valence electrons. The van der Waals surface area contributed by atoms with E-state index in [1.165, 1.54) is 51.0 Å². The lowest BCUT2D eigenvalue weighted by molar-refractivity contribution is -0.190. The van der Waals surface area contributed by atoms with Crippen molar-refractivity contribution >= 4 is 16.7 Å². The van der Waals surface area contributed by atoms with E-state index in [1.807, 2.05) is 18.2 Å². The molecule has 0 aromatic heterocycles. The Morgan fingerprint density at radius 3 is 2.35 bits per heavy atom. The van der Waals surface area contributed by atoms with Crippen molar-refractivity contribution < 1.29 is 18.0 Å². The number of benzene rings is 2. The quantitative estimate of drug-likeness (QED) is 0.392. The molecule has 1 aliphatic rings.